The Balaban J connectivity index is 2.16. The van der Waals surface area contributed by atoms with Crippen molar-refractivity contribution in [2.75, 3.05) is 0 Å². The summed E-state index contributed by atoms with van der Waals surface area (Å²) in [5.41, 5.74) is 5.60. The average Bonchev–Trinajstić information content (AvgIpc) is 2.62. The first-order chi connectivity index (χ1) is 6.97. The lowest BCUT2D eigenvalue weighted by Gasteiger charge is -2.12. The first-order valence-corrected chi connectivity index (χ1v) is 5.70. The maximum atomic E-state index is 11.9. The smallest absolute Gasteiger partial charge is 0.328 e. The highest BCUT2D eigenvalue weighted by molar-refractivity contribution is 7.09. The molecule has 1 heterocycles. The number of halogens is 3. The van der Waals surface area contributed by atoms with Gasteiger partial charge in [0.2, 0.25) is 0 Å². The Bertz CT molecular complexity index is 269. The third-order valence-corrected chi connectivity index (χ3v) is 3.08. The molecular weight excluding hydrogens is 223 g/mol. The first-order valence-electron chi connectivity index (χ1n) is 4.82. The molecule has 1 atom stereocenters. The fraction of sp³-hybridized carbons (Fsp3) is 0.600. The molecule has 0 fully saturated rings. The Morgan fingerprint density at radius 2 is 2.07 bits per heavy atom. The zero-order valence-electron chi connectivity index (χ0n) is 8.26. The van der Waals surface area contributed by atoms with Crippen LogP contribution in [-0.2, 0) is 6.42 Å². The Morgan fingerprint density at radius 3 is 2.60 bits per heavy atom. The van der Waals surface area contributed by atoms with Crippen LogP contribution >= 0.6 is 11.3 Å². The van der Waals surface area contributed by atoms with E-state index in [4.69, 9.17) is 5.73 Å². The molecule has 0 spiro atoms. The lowest BCUT2D eigenvalue weighted by atomic mass is 10.1. The molecule has 1 unspecified atom stereocenters. The zero-order valence-corrected chi connectivity index (χ0v) is 9.07. The van der Waals surface area contributed by atoms with Gasteiger partial charge in [-0.2, -0.15) is 13.2 Å². The fourth-order valence-electron chi connectivity index (χ4n) is 1.28. The second-order valence-corrected chi connectivity index (χ2v) is 4.56. The van der Waals surface area contributed by atoms with E-state index in [-0.39, 0.29) is 12.5 Å². The molecule has 15 heavy (non-hydrogen) atoms. The van der Waals surface area contributed by atoms with Crippen molar-refractivity contribution in [1.82, 2.24) is 0 Å². The molecule has 0 aromatic carbocycles. The van der Waals surface area contributed by atoms with Crippen molar-refractivity contribution in [3.8, 4) is 0 Å². The van der Waals surface area contributed by atoms with Gasteiger partial charge in [0.05, 0.1) is 0 Å². The predicted molar refractivity (Wildman–Crippen MR) is 55.9 cm³/mol. The van der Waals surface area contributed by atoms with Crippen molar-refractivity contribution in [1.29, 1.82) is 0 Å². The van der Waals surface area contributed by atoms with Crippen molar-refractivity contribution in [3.05, 3.63) is 22.4 Å². The topological polar surface area (TPSA) is 26.0 Å². The molecule has 0 radical (unpaired) electrons. The standard InChI is InChI=1S/C10H14F3NS/c11-10(12,13)6-5-8(14)3-4-9-2-1-7-15-9/h1-2,7-8H,3-6,14H2. The van der Waals surface area contributed by atoms with E-state index in [1.165, 1.54) is 4.88 Å². The van der Waals surface area contributed by atoms with Gasteiger partial charge < -0.3 is 5.73 Å². The molecule has 0 saturated heterocycles. The zero-order chi connectivity index (χ0) is 11.3. The third-order valence-electron chi connectivity index (χ3n) is 2.14. The summed E-state index contributed by atoms with van der Waals surface area (Å²) >= 11 is 1.61. The van der Waals surface area contributed by atoms with Gasteiger partial charge in [0.1, 0.15) is 0 Å². The number of alkyl halides is 3. The van der Waals surface area contributed by atoms with Crippen LogP contribution in [0.15, 0.2) is 17.5 Å². The van der Waals surface area contributed by atoms with Gasteiger partial charge in [-0.25, -0.2) is 0 Å². The molecule has 1 rings (SSSR count). The monoisotopic (exact) mass is 237 g/mol. The Kier molecular flexibility index (Phi) is 4.60. The summed E-state index contributed by atoms with van der Waals surface area (Å²) in [6.45, 7) is 0. The van der Waals surface area contributed by atoms with Crippen molar-refractivity contribution in [3.63, 3.8) is 0 Å². The summed E-state index contributed by atoms with van der Waals surface area (Å²) in [4.78, 5) is 1.18. The number of rotatable bonds is 5. The van der Waals surface area contributed by atoms with Gasteiger partial charge >= 0.3 is 6.18 Å². The van der Waals surface area contributed by atoms with E-state index in [1.54, 1.807) is 11.3 Å². The van der Waals surface area contributed by atoms with Crippen molar-refractivity contribution >= 4 is 11.3 Å². The van der Waals surface area contributed by atoms with Gasteiger partial charge in [-0.05, 0) is 30.7 Å². The van der Waals surface area contributed by atoms with Gasteiger partial charge in [0, 0.05) is 17.3 Å². The van der Waals surface area contributed by atoms with E-state index in [9.17, 15) is 13.2 Å². The second-order valence-electron chi connectivity index (χ2n) is 3.53. The van der Waals surface area contributed by atoms with E-state index in [0.717, 1.165) is 6.42 Å². The molecule has 0 amide bonds. The second kappa shape index (κ2) is 5.51. The SMILES string of the molecule is NC(CCc1cccs1)CCC(F)(F)F. The Hall–Kier alpha value is -0.550. The highest BCUT2D eigenvalue weighted by atomic mass is 32.1. The minimum absolute atomic E-state index is 0.0227. The molecule has 0 aliphatic rings. The molecule has 2 N–H and O–H groups in total. The maximum Gasteiger partial charge on any atom is 0.389 e. The van der Waals surface area contributed by atoms with Gasteiger partial charge in [0.15, 0.2) is 0 Å². The molecular formula is C10H14F3NS. The molecule has 5 heteroatoms. The number of hydrogen-bond donors (Lipinski definition) is 1. The normalized spacial score (nSPS) is 14.1. The molecule has 1 aromatic heterocycles. The van der Waals surface area contributed by atoms with Gasteiger partial charge in [0.25, 0.3) is 0 Å². The summed E-state index contributed by atoms with van der Waals surface area (Å²) < 4.78 is 35.6. The van der Waals surface area contributed by atoms with Gasteiger partial charge in [-0.15, -0.1) is 11.3 Å². The van der Waals surface area contributed by atoms with Crippen LogP contribution in [0.3, 0.4) is 0 Å². The number of aryl methyl sites for hydroxylation is 1. The molecule has 0 aliphatic carbocycles. The largest absolute Gasteiger partial charge is 0.389 e. The maximum absolute atomic E-state index is 11.9. The minimum Gasteiger partial charge on any atom is -0.328 e. The summed E-state index contributed by atoms with van der Waals surface area (Å²) in [5, 5.41) is 1.95. The molecule has 1 nitrogen and oxygen atoms in total. The van der Waals surface area contributed by atoms with E-state index in [0.29, 0.717) is 6.42 Å². The molecule has 86 valence electrons. The van der Waals surface area contributed by atoms with Crippen LogP contribution in [0, 0.1) is 0 Å². The van der Waals surface area contributed by atoms with E-state index in [1.807, 2.05) is 17.5 Å². The molecule has 0 aliphatic heterocycles. The summed E-state index contributed by atoms with van der Waals surface area (Å²) in [6.07, 6.45) is -3.44. The predicted octanol–water partition coefficient (Wildman–Crippen LogP) is 3.35. The Morgan fingerprint density at radius 1 is 1.33 bits per heavy atom. The van der Waals surface area contributed by atoms with E-state index >= 15 is 0 Å². The van der Waals surface area contributed by atoms with Crippen LogP contribution in [0.4, 0.5) is 13.2 Å². The van der Waals surface area contributed by atoms with Gasteiger partial charge in [-0.3, -0.25) is 0 Å². The van der Waals surface area contributed by atoms with Crippen molar-refractivity contribution in [2.24, 2.45) is 5.73 Å². The Labute approximate surface area is 91.1 Å². The highest BCUT2D eigenvalue weighted by Gasteiger charge is 2.27. The number of thiophene rings is 1. The van der Waals surface area contributed by atoms with Crippen molar-refractivity contribution in [2.45, 2.75) is 37.9 Å². The van der Waals surface area contributed by atoms with Crippen LogP contribution in [-0.4, -0.2) is 12.2 Å². The molecule has 1 aromatic rings. The summed E-state index contributed by atoms with van der Waals surface area (Å²) in [6, 6.07) is 3.55. The van der Waals surface area contributed by atoms with E-state index < -0.39 is 12.6 Å². The lowest BCUT2D eigenvalue weighted by Crippen LogP contribution is -2.23. The van der Waals surface area contributed by atoms with Gasteiger partial charge in [-0.1, -0.05) is 6.07 Å². The third kappa shape index (κ3) is 5.79. The average molecular weight is 237 g/mol. The van der Waals surface area contributed by atoms with Crippen LogP contribution < -0.4 is 5.73 Å². The van der Waals surface area contributed by atoms with E-state index in [2.05, 4.69) is 0 Å². The van der Waals surface area contributed by atoms with Crippen LogP contribution in [0.5, 0.6) is 0 Å². The molecule has 0 bridgehead atoms. The minimum atomic E-state index is -4.08. The summed E-state index contributed by atoms with van der Waals surface area (Å²) in [7, 11) is 0. The summed E-state index contributed by atoms with van der Waals surface area (Å²) in [5.74, 6) is 0. The number of nitrogens with two attached hydrogens (primary N) is 1. The molecule has 0 saturated carbocycles. The van der Waals surface area contributed by atoms with Crippen LogP contribution in [0.25, 0.3) is 0 Å². The fourth-order valence-corrected chi connectivity index (χ4v) is 2.00. The van der Waals surface area contributed by atoms with Crippen molar-refractivity contribution < 1.29 is 13.2 Å². The first kappa shape index (κ1) is 12.5. The highest BCUT2D eigenvalue weighted by Crippen LogP contribution is 2.23. The quantitative estimate of drug-likeness (QED) is 0.835. The number of hydrogen-bond acceptors (Lipinski definition) is 2. The van der Waals surface area contributed by atoms with Crippen LogP contribution in [0.2, 0.25) is 0 Å². The lowest BCUT2D eigenvalue weighted by molar-refractivity contribution is -0.136. The van der Waals surface area contributed by atoms with Crippen LogP contribution in [0.1, 0.15) is 24.1 Å².